The van der Waals surface area contributed by atoms with Crippen molar-refractivity contribution < 1.29 is 23.6 Å². The number of nitrogens with zero attached hydrogens (tertiary/aromatic N) is 2. The van der Waals surface area contributed by atoms with Gasteiger partial charge in [0.2, 0.25) is 11.8 Å². The van der Waals surface area contributed by atoms with Gasteiger partial charge in [0.15, 0.2) is 0 Å². The zero-order valence-electron chi connectivity index (χ0n) is 22.0. The highest BCUT2D eigenvalue weighted by Gasteiger charge is 2.35. The van der Waals surface area contributed by atoms with Crippen LogP contribution in [0.3, 0.4) is 0 Å². The van der Waals surface area contributed by atoms with E-state index in [-0.39, 0.29) is 31.5 Å². The van der Waals surface area contributed by atoms with E-state index in [1.807, 2.05) is 44.2 Å². The summed E-state index contributed by atoms with van der Waals surface area (Å²) in [4.78, 5) is 53.4. The van der Waals surface area contributed by atoms with E-state index in [1.54, 1.807) is 6.92 Å². The first-order chi connectivity index (χ1) is 18.0. The van der Waals surface area contributed by atoms with E-state index >= 15 is 0 Å². The summed E-state index contributed by atoms with van der Waals surface area (Å²) in [5.74, 6) is -2.90. The number of amides is 4. The summed E-state index contributed by atoms with van der Waals surface area (Å²) in [5.41, 5.74) is 7.94. The number of piperazine rings is 1. The van der Waals surface area contributed by atoms with Gasteiger partial charge in [-0.1, -0.05) is 37.3 Å². The average molecular weight is 526 g/mol. The standard InChI is InChI=1S/C28H36FN5O4/c1-18(2)34-14-13-33(27(37)28(34)38)17-25(35)32-24(16-20-7-5-4-6-8-20)23(30)15-19(3)26(36)31-22-11-9-21(29)10-12-22/h4-12,18-19,23-24H,13-17,30H2,1-3H3,(H,31,36)(H,32,35)/t19-,23+,24+/m1/s1. The molecular formula is C28H36FN5O4. The van der Waals surface area contributed by atoms with Crippen LogP contribution < -0.4 is 16.4 Å². The monoisotopic (exact) mass is 525 g/mol. The summed E-state index contributed by atoms with van der Waals surface area (Å²) in [6, 6.07) is 13.8. The highest BCUT2D eigenvalue weighted by atomic mass is 19.1. The van der Waals surface area contributed by atoms with Gasteiger partial charge < -0.3 is 26.2 Å². The number of rotatable bonds is 11. The van der Waals surface area contributed by atoms with Gasteiger partial charge in [0.05, 0.1) is 0 Å². The van der Waals surface area contributed by atoms with Crippen LogP contribution in [0.15, 0.2) is 54.6 Å². The van der Waals surface area contributed by atoms with Crippen molar-refractivity contribution in [2.45, 2.75) is 51.7 Å². The molecule has 2 aromatic rings. The van der Waals surface area contributed by atoms with E-state index in [0.717, 1.165) is 5.56 Å². The van der Waals surface area contributed by atoms with Crippen molar-refractivity contribution in [1.82, 2.24) is 15.1 Å². The molecule has 204 valence electrons. The van der Waals surface area contributed by atoms with Crippen LogP contribution in [0.25, 0.3) is 0 Å². The Kier molecular flexibility index (Phi) is 9.95. The minimum absolute atomic E-state index is 0.0991. The molecule has 0 spiro atoms. The van der Waals surface area contributed by atoms with Gasteiger partial charge in [-0.15, -0.1) is 0 Å². The number of anilines is 1. The highest BCUT2D eigenvalue weighted by Crippen LogP contribution is 2.16. The SMILES string of the molecule is CC(C)N1CCN(CC(=O)N[C@@H](Cc2ccccc2)[C@@H](N)C[C@@H](C)C(=O)Nc2ccc(F)cc2)C(=O)C1=O. The normalized spacial score (nSPS) is 16.3. The molecular weight excluding hydrogens is 489 g/mol. The molecule has 3 rings (SSSR count). The molecule has 38 heavy (non-hydrogen) atoms. The van der Waals surface area contributed by atoms with E-state index in [1.165, 1.54) is 34.1 Å². The van der Waals surface area contributed by atoms with Gasteiger partial charge in [-0.05, 0) is 56.5 Å². The fourth-order valence-electron chi connectivity index (χ4n) is 4.41. The summed E-state index contributed by atoms with van der Waals surface area (Å²) in [7, 11) is 0. The Bertz CT molecular complexity index is 1130. The first-order valence-corrected chi connectivity index (χ1v) is 12.8. The molecule has 1 aliphatic heterocycles. The molecule has 9 nitrogen and oxygen atoms in total. The fraction of sp³-hybridized carbons (Fsp3) is 0.429. The number of carbonyl (C=O) groups excluding carboxylic acids is 4. The van der Waals surface area contributed by atoms with Gasteiger partial charge >= 0.3 is 11.8 Å². The third kappa shape index (κ3) is 7.85. The predicted molar refractivity (Wildman–Crippen MR) is 142 cm³/mol. The van der Waals surface area contributed by atoms with E-state index in [9.17, 15) is 23.6 Å². The van der Waals surface area contributed by atoms with Crippen molar-refractivity contribution in [2.24, 2.45) is 11.7 Å². The number of hydrogen-bond donors (Lipinski definition) is 3. The third-order valence-electron chi connectivity index (χ3n) is 6.65. The Balaban J connectivity index is 1.64. The molecule has 10 heteroatoms. The van der Waals surface area contributed by atoms with E-state index < -0.39 is 41.5 Å². The number of halogens is 1. The number of benzene rings is 2. The lowest BCUT2D eigenvalue weighted by atomic mass is 9.92. The molecule has 4 N–H and O–H groups in total. The summed E-state index contributed by atoms with van der Waals surface area (Å²) in [6.07, 6.45) is 0.698. The van der Waals surface area contributed by atoms with Gasteiger partial charge in [0, 0.05) is 42.8 Å². The Labute approximate surface area is 222 Å². The minimum atomic E-state index is -0.699. The molecule has 0 bridgehead atoms. The fourth-order valence-corrected chi connectivity index (χ4v) is 4.41. The number of carbonyl (C=O) groups is 4. The van der Waals surface area contributed by atoms with E-state index in [4.69, 9.17) is 5.73 Å². The van der Waals surface area contributed by atoms with Crippen LogP contribution in [0.1, 0.15) is 32.8 Å². The van der Waals surface area contributed by atoms with Crippen LogP contribution >= 0.6 is 0 Å². The minimum Gasteiger partial charge on any atom is -0.350 e. The number of hydrogen-bond acceptors (Lipinski definition) is 5. The maximum Gasteiger partial charge on any atom is 0.312 e. The van der Waals surface area contributed by atoms with Crippen molar-refractivity contribution >= 4 is 29.3 Å². The zero-order chi connectivity index (χ0) is 27.8. The van der Waals surface area contributed by atoms with Crippen LogP contribution in [0, 0.1) is 11.7 Å². The predicted octanol–water partition coefficient (Wildman–Crippen LogP) is 1.92. The maximum atomic E-state index is 13.2. The lowest BCUT2D eigenvalue weighted by Gasteiger charge is -2.36. The molecule has 1 heterocycles. The maximum absolute atomic E-state index is 13.2. The summed E-state index contributed by atoms with van der Waals surface area (Å²) >= 11 is 0. The number of nitrogens with two attached hydrogens (primary N) is 1. The Morgan fingerprint density at radius 2 is 1.63 bits per heavy atom. The van der Waals surface area contributed by atoms with Crippen LogP contribution in [0.4, 0.5) is 10.1 Å². The van der Waals surface area contributed by atoms with Crippen LogP contribution in [-0.2, 0) is 25.6 Å². The van der Waals surface area contributed by atoms with Crippen molar-refractivity contribution in [3.63, 3.8) is 0 Å². The average Bonchev–Trinajstić information content (AvgIpc) is 2.88. The molecule has 1 aliphatic rings. The van der Waals surface area contributed by atoms with E-state index in [0.29, 0.717) is 18.7 Å². The zero-order valence-corrected chi connectivity index (χ0v) is 22.0. The first-order valence-electron chi connectivity index (χ1n) is 12.8. The quantitative estimate of drug-likeness (QED) is 0.387. The molecule has 0 radical (unpaired) electrons. The van der Waals surface area contributed by atoms with Crippen molar-refractivity contribution in [1.29, 1.82) is 0 Å². The van der Waals surface area contributed by atoms with Crippen LogP contribution in [0.2, 0.25) is 0 Å². The second-order valence-electron chi connectivity index (χ2n) is 9.98. The molecule has 0 aliphatic carbocycles. The Morgan fingerprint density at radius 3 is 2.26 bits per heavy atom. The molecule has 0 unspecified atom stereocenters. The number of nitrogens with one attached hydrogen (secondary N) is 2. The first kappa shape index (κ1) is 28.8. The van der Waals surface area contributed by atoms with Gasteiger partial charge in [-0.25, -0.2) is 4.39 Å². The lowest BCUT2D eigenvalue weighted by Crippen LogP contribution is -2.59. The molecule has 0 aromatic heterocycles. The topological polar surface area (TPSA) is 125 Å². The second kappa shape index (κ2) is 13.1. The molecule has 1 fully saturated rings. The smallest absolute Gasteiger partial charge is 0.312 e. The molecule has 2 aromatic carbocycles. The van der Waals surface area contributed by atoms with Gasteiger partial charge in [-0.2, -0.15) is 0 Å². The lowest BCUT2D eigenvalue weighted by molar-refractivity contribution is -0.158. The third-order valence-corrected chi connectivity index (χ3v) is 6.65. The Hall–Kier alpha value is -3.79. The Morgan fingerprint density at radius 1 is 0.974 bits per heavy atom. The summed E-state index contributed by atoms with van der Waals surface area (Å²) < 4.78 is 13.2. The van der Waals surface area contributed by atoms with Crippen molar-refractivity contribution in [2.75, 3.05) is 25.0 Å². The molecule has 1 saturated heterocycles. The summed E-state index contributed by atoms with van der Waals surface area (Å²) in [5, 5.41) is 5.68. The molecule has 0 saturated carbocycles. The largest absolute Gasteiger partial charge is 0.350 e. The van der Waals surface area contributed by atoms with Crippen LogP contribution in [-0.4, -0.2) is 71.2 Å². The van der Waals surface area contributed by atoms with E-state index in [2.05, 4.69) is 10.6 Å². The van der Waals surface area contributed by atoms with Gasteiger partial charge in [0.25, 0.3) is 0 Å². The van der Waals surface area contributed by atoms with Gasteiger partial charge in [0.1, 0.15) is 12.4 Å². The highest BCUT2D eigenvalue weighted by molar-refractivity contribution is 6.35. The van der Waals surface area contributed by atoms with Crippen molar-refractivity contribution in [3.8, 4) is 0 Å². The molecule has 3 atom stereocenters. The van der Waals surface area contributed by atoms with Gasteiger partial charge in [-0.3, -0.25) is 19.2 Å². The van der Waals surface area contributed by atoms with Crippen LogP contribution in [0.5, 0.6) is 0 Å². The second-order valence-corrected chi connectivity index (χ2v) is 9.98. The summed E-state index contributed by atoms with van der Waals surface area (Å²) in [6.45, 7) is 5.79. The van der Waals surface area contributed by atoms with Crippen molar-refractivity contribution in [3.05, 3.63) is 66.0 Å². The molecule has 4 amide bonds.